The molecule has 0 radical (unpaired) electrons. The summed E-state index contributed by atoms with van der Waals surface area (Å²) in [6.07, 6.45) is 6.78. The molecule has 0 bridgehead atoms. The van der Waals surface area contributed by atoms with Crippen LogP contribution >= 0.6 is 11.3 Å². The predicted octanol–water partition coefficient (Wildman–Crippen LogP) is 2.77. The molecule has 0 saturated heterocycles. The second kappa shape index (κ2) is 7.38. The smallest absolute Gasteiger partial charge is 0.311 e. The van der Waals surface area contributed by atoms with E-state index in [-0.39, 0.29) is 24.2 Å². The molecule has 1 aromatic heterocycles. The first kappa shape index (κ1) is 15.0. The average molecular weight is 296 g/mol. The van der Waals surface area contributed by atoms with Crippen LogP contribution in [-0.4, -0.2) is 24.0 Å². The third kappa shape index (κ3) is 4.30. The quantitative estimate of drug-likeness (QED) is 0.685. The first-order valence-electron chi connectivity index (χ1n) is 7.01. The number of methoxy groups -OCH3 is 1. The molecule has 1 aliphatic carbocycles. The molecule has 1 heterocycles. The van der Waals surface area contributed by atoms with Crippen LogP contribution in [0, 0.1) is 5.92 Å². The maximum absolute atomic E-state index is 12.2. The molecule has 1 fully saturated rings. The summed E-state index contributed by atoms with van der Waals surface area (Å²) in [5.74, 6) is -0.159. The third-order valence-electron chi connectivity index (χ3n) is 3.56. The van der Waals surface area contributed by atoms with Crippen LogP contribution in [0.3, 0.4) is 0 Å². The van der Waals surface area contributed by atoms with Crippen LogP contribution in [0.25, 0.3) is 0 Å². The molecule has 1 aliphatic rings. The Hall–Kier alpha value is -1.43. The number of carbonyl (C=O) groups is 2. The van der Waals surface area contributed by atoms with E-state index in [4.69, 9.17) is 0 Å². The maximum Gasteiger partial charge on any atom is 0.311 e. The fourth-order valence-corrected chi connectivity index (χ4v) is 3.13. The van der Waals surface area contributed by atoms with E-state index in [0.717, 1.165) is 25.7 Å². The Bertz CT molecular complexity index is 465. The van der Waals surface area contributed by atoms with Gasteiger partial charge < -0.3 is 10.1 Å². The second-order valence-corrected chi connectivity index (χ2v) is 5.93. The van der Waals surface area contributed by atoms with Gasteiger partial charge in [0.2, 0.25) is 5.91 Å². The van der Waals surface area contributed by atoms with Gasteiger partial charge in [0.1, 0.15) is 0 Å². The van der Waals surface area contributed by atoms with Gasteiger partial charge in [-0.2, -0.15) is 0 Å². The Morgan fingerprint density at radius 3 is 2.70 bits per heavy atom. The van der Waals surface area contributed by atoms with Gasteiger partial charge >= 0.3 is 5.97 Å². The molecule has 1 N–H and O–H groups in total. The fourth-order valence-electron chi connectivity index (χ4n) is 2.41. The van der Waals surface area contributed by atoms with E-state index < -0.39 is 0 Å². The number of carbonyl (C=O) groups excluding carboxylic acids is 2. The largest absolute Gasteiger partial charge is 0.469 e. The summed E-state index contributed by atoms with van der Waals surface area (Å²) in [4.78, 5) is 27.6. The van der Waals surface area contributed by atoms with E-state index in [1.807, 2.05) is 0 Å². The summed E-state index contributed by atoms with van der Waals surface area (Å²) in [5.41, 5.74) is 0.637. The van der Waals surface area contributed by atoms with Crippen molar-refractivity contribution in [2.75, 3.05) is 12.4 Å². The zero-order valence-corrected chi connectivity index (χ0v) is 12.5. The lowest BCUT2D eigenvalue weighted by atomic mass is 10.00. The zero-order chi connectivity index (χ0) is 14.4. The molecule has 1 saturated carbocycles. The summed E-state index contributed by atoms with van der Waals surface area (Å²) in [7, 11) is 1.35. The fraction of sp³-hybridized carbons (Fsp3) is 0.643. The summed E-state index contributed by atoms with van der Waals surface area (Å²) >= 11 is 1.35. The van der Waals surface area contributed by atoms with Crippen molar-refractivity contribution in [3.63, 3.8) is 0 Å². The lowest BCUT2D eigenvalue weighted by molar-refractivity contribution is -0.139. The number of nitrogens with one attached hydrogen (secondary N) is 1. The van der Waals surface area contributed by atoms with E-state index >= 15 is 0 Å². The van der Waals surface area contributed by atoms with Crippen LogP contribution in [-0.2, 0) is 20.7 Å². The molecule has 1 amide bonds. The molecule has 0 unspecified atom stereocenters. The third-order valence-corrected chi connectivity index (χ3v) is 4.37. The van der Waals surface area contributed by atoms with Crippen molar-refractivity contribution in [1.29, 1.82) is 0 Å². The Morgan fingerprint density at radius 1 is 1.35 bits per heavy atom. The van der Waals surface area contributed by atoms with Gasteiger partial charge in [0.15, 0.2) is 5.13 Å². The summed E-state index contributed by atoms with van der Waals surface area (Å²) in [6.45, 7) is 0. The van der Waals surface area contributed by atoms with Gasteiger partial charge in [-0.25, -0.2) is 4.98 Å². The highest BCUT2D eigenvalue weighted by atomic mass is 32.1. The molecule has 20 heavy (non-hydrogen) atoms. The molecule has 2 rings (SSSR count). The van der Waals surface area contributed by atoms with Crippen molar-refractivity contribution in [3.8, 4) is 0 Å². The van der Waals surface area contributed by atoms with Crippen LogP contribution < -0.4 is 5.32 Å². The lowest BCUT2D eigenvalue weighted by Crippen LogP contribution is -2.22. The van der Waals surface area contributed by atoms with Crippen molar-refractivity contribution in [1.82, 2.24) is 4.98 Å². The highest BCUT2D eigenvalue weighted by Crippen LogP contribution is 2.25. The van der Waals surface area contributed by atoms with Gasteiger partial charge in [-0.15, -0.1) is 11.3 Å². The highest BCUT2D eigenvalue weighted by Gasteiger charge is 2.21. The minimum Gasteiger partial charge on any atom is -0.469 e. The summed E-state index contributed by atoms with van der Waals surface area (Å²) < 4.78 is 4.59. The van der Waals surface area contributed by atoms with E-state index in [1.165, 1.54) is 31.3 Å². The number of aromatic nitrogens is 1. The highest BCUT2D eigenvalue weighted by molar-refractivity contribution is 7.13. The Balaban J connectivity index is 1.89. The van der Waals surface area contributed by atoms with Gasteiger partial charge in [0.25, 0.3) is 0 Å². The molecule has 0 spiro atoms. The number of rotatable bonds is 4. The van der Waals surface area contributed by atoms with Crippen molar-refractivity contribution < 1.29 is 14.3 Å². The molecule has 5 nitrogen and oxygen atoms in total. The van der Waals surface area contributed by atoms with E-state index in [1.54, 1.807) is 5.38 Å². The number of thiazole rings is 1. The predicted molar refractivity (Wildman–Crippen MR) is 77.7 cm³/mol. The number of amides is 1. The topological polar surface area (TPSA) is 68.3 Å². The molecule has 6 heteroatoms. The first-order valence-corrected chi connectivity index (χ1v) is 7.89. The molecular formula is C14H20N2O3S. The summed E-state index contributed by atoms with van der Waals surface area (Å²) in [6, 6.07) is 0. The van der Waals surface area contributed by atoms with Crippen molar-refractivity contribution in [2.24, 2.45) is 5.92 Å². The number of hydrogen-bond donors (Lipinski definition) is 1. The number of anilines is 1. The monoisotopic (exact) mass is 296 g/mol. The number of hydrogen-bond acceptors (Lipinski definition) is 5. The lowest BCUT2D eigenvalue weighted by Gasteiger charge is -2.12. The standard InChI is InChI=1S/C14H20N2O3S/c1-19-12(17)8-11-9-20-14(15-11)16-13(18)10-6-4-2-3-5-7-10/h9-10H,2-8H2,1H3,(H,15,16,18). The minimum absolute atomic E-state index is 0.0610. The Kier molecular flexibility index (Phi) is 5.52. The zero-order valence-electron chi connectivity index (χ0n) is 11.7. The van der Waals surface area contributed by atoms with E-state index in [0.29, 0.717) is 10.8 Å². The van der Waals surface area contributed by atoms with Crippen molar-refractivity contribution in [2.45, 2.75) is 44.9 Å². The van der Waals surface area contributed by atoms with Crippen LogP contribution in [0.2, 0.25) is 0 Å². The van der Waals surface area contributed by atoms with Gasteiger partial charge in [0, 0.05) is 11.3 Å². The number of esters is 1. The Labute approximate surface area is 122 Å². The molecule has 110 valence electrons. The number of ether oxygens (including phenoxy) is 1. The van der Waals surface area contributed by atoms with Gasteiger partial charge in [0.05, 0.1) is 19.2 Å². The normalized spacial score (nSPS) is 16.4. The van der Waals surface area contributed by atoms with E-state index in [9.17, 15) is 9.59 Å². The van der Waals surface area contributed by atoms with Crippen LogP contribution in [0.5, 0.6) is 0 Å². The number of nitrogens with zero attached hydrogens (tertiary/aromatic N) is 1. The first-order chi connectivity index (χ1) is 9.69. The van der Waals surface area contributed by atoms with Crippen LogP contribution in [0.4, 0.5) is 5.13 Å². The molecule has 1 aromatic rings. The maximum atomic E-state index is 12.2. The van der Waals surface area contributed by atoms with Gasteiger partial charge in [-0.05, 0) is 12.8 Å². The molecule has 0 aromatic carbocycles. The average Bonchev–Trinajstić information content (AvgIpc) is 2.71. The molecule has 0 aliphatic heterocycles. The molecule has 0 atom stereocenters. The van der Waals surface area contributed by atoms with Crippen molar-refractivity contribution >= 4 is 28.3 Å². The van der Waals surface area contributed by atoms with Gasteiger partial charge in [-0.1, -0.05) is 25.7 Å². The van der Waals surface area contributed by atoms with Crippen molar-refractivity contribution in [3.05, 3.63) is 11.1 Å². The van der Waals surface area contributed by atoms with Gasteiger partial charge in [-0.3, -0.25) is 9.59 Å². The van der Waals surface area contributed by atoms with E-state index in [2.05, 4.69) is 15.0 Å². The Morgan fingerprint density at radius 2 is 2.05 bits per heavy atom. The SMILES string of the molecule is COC(=O)Cc1csc(NC(=O)C2CCCCCC2)n1. The van der Waals surface area contributed by atoms with Crippen LogP contribution in [0.15, 0.2) is 5.38 Å². The second-order valence-electron chi connectivity index (χ2n) is 5.07. The van der Waals surface area contributed by atoms with Crippen LogP contribution in [0.1, 0.15) is 44.2 Å². The molecular weight excluding hydrogens is 276 g/mol. The summed E-state index contributed by atoms with van der Waals surface area (Å²) in [5, 5.41) is 5.21. The minimum atomic E-state index is -0.322.